The maximum Gasteiger partial charge on any atom is 0.317 e. The fourth-order valence-corrected chi connectivity index (χ4v) is 3.01. The molecule has 0 spiro atoms. The first-order chi connectivity index (χ1) is 13.1. The van der Waals surface area contributed by atoms with E-state index in [1.54, 1.807) is 0 Å². The zero-order valence-electron chi connectivity index (χ0n) is 18.8. The smallest absolute Gasteiger partial charge is 0.317 e. The molecule has 0 bridgehead atoms. The van der Waals surface area contributed by atoms with Crippen LogP contribution < -0.4 is 15.5 Å². The van der Waals surface area contributed by atoms with Crippen LogP contribution in [0.3, 0.4) is 0 Å². The Morgan fingerprint density at radius 1 is 1.07 bits per heavy atom. The number of urea groups is 1. The summed E-state index contributed by atoms with van der Waals surface area (Å²) in [7, 11) is 3.97. The topological polar surface area (TPSA) is 64.7 Å². The molecular weight excluding hydrogens is 352 g/mol. The molecule has 1 aromatic carbocycles. The summed E-state index contributed by atoms with van der Waals surface area (Å²) in [6, 6.07) is 5.91. The van der Waals surface area contributed by atoms with Crippen LogP contribution in [0, 0.1) is 11.8 Å². The Hall–Kier alpha value is -2.24. The van der Waals surface area contributed by atoms with Crippen molar-refractivity contribution < 1.29 is 9.59 Å². The van der Waals surface area contributed by atoms with Gasteiger partial charge in [-0.05, 0) is 49.4 Å². The molecule has 0 radical (unpaired) electrons. The van der Waals surface area contributed by atoms with E-state index in [4.69, 9.17) is 0 Å². The van der Waals surface area contributed by atoms with Gasteiger partial charge in [0.15, 0.2) is 0 Å². The first-order valence-electron chi connectivity index (χ1n) is 10.2. The lowest BCUT2D eigenvalue weighted by atomic mass is 10.0. The fraction of sp³-hybridized carbons (Fsp3) is 0.636. The lowest BCUT2D eigenvalue weighted by molar-refractivity contribution is -0.116. The van der Waals surface area contributed by atoms with Crippen LogP contribution >= 0.6 is 0 Å². The molecule has 0 aliphatic heterocycles. The lowest BCUT2D eigenvalue weighted by Gasteiger charge is -2.33. The van der Waals surface area contributed by atoms with Crippen LogP contribution in [0.25, 0.3) is 0 Å². The van der Waals surface area contributed by atoms with Crippen LogP contribution in [-0.2, 0) is 11.3 Å². The van der Waals surface area contributed by atoms with Crippen molar-refractivity contribution in [2.75, 3.05) is 30.9 Å². The SMILES string of the molecule is CCNC(=O)N(Cc1cc(NC(=O)CC(C)C)ccc1N(C)C)[C@H](C)C(C)C. The van der Waals surface area contributed by atoms with E-state index in [1.165, 1.54) is 0 Å². The van der Waals surface area contributed by atoms with Gasteiger partial charge in [0, 0.05) is 51.0 Å². The molecule has 6 nitrogen and oxygen atoms in total. The summed E-state index contributed by atoms with van der Waals surface area (Å²) in [5, 5.41) is 5.91. The predicted molar refractivity (Wildman–Crippen MR) is 118 cm³/mol. The first-order valence-corrected chi connectivity index (χ1v) is 10.2. The zero-order chi connectivity index (χ0) is 21.4. The molecule has 0 aliphatic rings. The van der Waals surface area contributed by atoms with Gasteiger partial charge in [0.05, 0.1) is 0 Å². The second kappa shape index (κ2) is 10.9. The van der Waals surface area contributed by atoms with Gasteiger partial charge < -0.3 is 20.4 Å². The number of carbonyl (C=O) groups is 2. The summed E-state index contributed by atoms with van der Waals surface area (Å²) in [5.74, 6) is 0.648. The highest BCUT2D eigenvalue weighted by atomic mass is 16.2. The molecule has 1 atom stereocenters. The van der Waals surface area contributed by atoms with E-state index in [0.29, 0.717) is 31.3 Å². The molecule has 28 heavy (non-hydrogen) atoms. The van der Waals surface area contributed by atoms with E-state index >= 15 is 0 Å². The number of amides is 3. The number of anilines is 2. The molecular formula is C22H38N4O2. The summed E-state index contributed by atoms with van der Waals surface area (Å²) in [5.41, 5.74) is 2.80. The van der Waals surface area contributed by atoms with Gasteiger partial charge in [-0.1, -0.05) is 27.7 Å². The molecule has 0 aromatic heterocycles. The third-order valence-electron chi connectivity index (χ3n) is 4.82. The summed E-state index contributed by atoms with van der Waals surface area (Å²) >= 11 is 0. The van der Waals surface area contributed by atoms with Gasteiger partial charge in [-0.25, -0.2) is 4.79 Å². The fourth-order valence-electron chi connectivity index (χ4n) is 3.01. The van der Waals surface area contributed by atoms with Crippen LogP contribution in [0.15, 0.2) is 18.2 Å². The van der Waals surface area contributed by atoms with Crippen molar-refractivity contribution >= 4 is 23.3 Å². The third kappa shape index (κ3) is 7.06. The highest BCUT2D eigenvalue weighted by molar-refractivity contribution is 5.91. The van der Waals surface area contributed by atoms with E-state index in [0.717, 1.165) is 16.9 Å². The largest absolute Gasteiger partial charge is 0.377 e. The van der Waals surface area contributed by atoms with Crippen LogP contribution in [-0.4, -0.2) is 43.5 Å². The van der Waals surface area contributed by atoms with Crippen molar-refractivity contribution in [2.24, 2.45) is 11.8 Å². The van der Waals surface area contributed by atoms with Gasteiger partial charge >= 0.3 is 6.03 Å². The highest BCUT2D eigenvalue weighted by Crippen LogP contribution is 2.26. The molecule has 0 unspecified atom stereocenters. The minimum atomic E-state index is -0.0670. The molecule has 0 aliphatic carbocycles. The molecule has 158 valence electrons. The Kier molecular flexibility index (Phi) is 9.29. The standard InChI is InChI=1S/C22H38N4O2/c1-9-23-22(28)26(17(6)16(4)5)14-18-13-19(10-11-20(18)25(7)8)24-21(27)12-15(2)3/h10-11,13,15-17H,9,12,14H2,1-8H3,(H,23,28)(H,24,27)/t17-/m1/s1. The van der Waals surface area contributed by atoms with Crippen molar-refractivity contribution in [3.05, 3.63) is 23.8 Å². The van der Waals surface area contributed by atoms with Crippen LogP contribution in [0.1, 0.15) is 53.5 Å². The van der Waals surface area contributed by atoms with E-state index in [1.807, 2.05) is 62.9 Å². The molecule has 0 fully saturated rings. The Morgan fingerprint density at radius 2 is 1.71 bits per heavy atom. The van der Waals surface area contributed by atoms with Gasteiger partial charge in [0.2, 0.25) is 5.91 Å². The van der Waals surface area contributed by atoms with Crippen molar-refractivity contribution in [1.82, 2.24) is 10.2 Å². The Labute approximate surface area is 170 Å². The second-order valence-electron chi connectivity index (χ2n) is 8.33. The monoisotopic (exact) mass is 390 g/mol. The van der Waals surface area contributed by atoms with Gasteiger partial charge in [-0.15, -0.1) is 0 Å². The number of benzene rings is 1. The molecule has 3 amide bonds. The molecule has 2 N–H and O–H groups in total. The third-order valence-corrected chi connectivity index (χ3v) is 4.82. The minimum absolute atomic E-state index is 0.00897. The molecule has 6 heteroatoms. The van der Waals surface area contributed by atoms with Gasteiger partial charge in [-0.2, -0.15) is 0 Å². The lowest BCUT2D eigenvalue weighted by Crippen LogP contribution is -2.46. The van der Waals surface area contributed by atoms with Crippen molar-refractivity contribution in [3.8, 4) is 0 Å². The van der Waals surface area contributed by atoms with Crippen molar-refractivity contribution in [1.29, 1.82) is 0 Å². The molecule has 1 aromatic rings. The summed E-state index contributed by atoms with van der Waals surface area (Å²) in [4.78, 5) is 28.8. The molecule has 1 rings (SSSR count). The summed E-state index contributed by atoms with van der Waals surface area (Å²) < 4.78 is 0. The number of carbonyl (C=O) groups excluding carboxylic acids is 2. The summed E-state index contributed by atoms with van der Waals surface area (Å²) in [6.45, 7) is 13.3. The Balaban J connectivity index is 3.19. The minimum Gasteiger partial charge on any atom is -0.377 e. The van der Waals surface area contributed by atoms with Gasteiger partial charge in [0.1, 0.15) is 0 Å². The van der Waals surface area contributed by atoms with E-state index in [-0.39, 0.29) is 18.0 Å². The second-order valence-corrected chi connectivity index (χ2v) is 8.33. The molecule has 0 saturated carbocycles. The Bertz CT molecular complexity index is 656. The predicted octanol–water partition coefficient (Wildman–Crippen LogP) is 4.31. The maximum absolute atomic E-state index is 12.7. The van der Waals surface area contributed by atoms with Gasteiger partial charge in [0.25, 0.3) is 0 Å². The maximum atomic E-state index is 12.7. The zero-order valence-corrected chi connectivity index (χ0v) is 18.8. The van der Waals surface area contributed by atoms with Crippen LogP contribution in [0.2, 0.25) is 0 Å². The molecule has 0 heterocycles. The number of hydrogen-bond donors (Lipinski definition) is 2. The summed E-state index contributed by atoms with van der Waals surface area (Å²) in [6.07, 6.45) is 0.486. The number of rotatable bonds is 9. The van der Waals surface area contributed by atoms with Crippen molar-refractivity contribution in [2.45, 2.75) is 60.5 Å². The normalized spacial score (nSPS) is 12.1. The number of nitrogens with one attached hydrogen (secondary N) is 2. The van der Waals surface area contributed by atoms with E-state index < -0.39 is 0 Å². The number of nitrogens with zero attached hydrogens (tertiary/aromatic N) is 2. The van der Waals surface area contributed by atoms with Gasteiger partial charge in [-0.3, -0.25) is 4.79 Å². The molecule has 0 saturated heterocycles. The Morgan fingerprint density at radius 3 is 2.21 bits per heavy atom. The highest BCUT2D eigenvalue weighted by Gasteiger charge is 2.24. The van der Waals surface area contributed by atoms with E-state index in [2.05, 4.69) is 31.4 Å². The first kappa shape index (κ1) is 23.8. The average molecular weight is 391 g/mol. The quantitative estimate of drug-likeness (QED) is 0.660. The van der Waals surface area contributed by atoms with E-state index in [9.17, 15) is 9.59 Å². The average Bonchev–Trinajstić information content (AvgIpc) is 2.58. The number of hydrogen-bond acceptors (Lipinski definition) is 3. The van der Waals surface area contributed by atoms with Crippen LogP contribution in [0.5, 0.6) is 0 Å². The van der Waals surface area contributed by atoms with Crippen molar-refractivity contribution in [3.63, 3.8) is 0 Å². The van der Waals surface area contributed by atoms with Crippen LogP contribution in [0.4, 0.5) is 16.2 Å².